The van der Waals surface area contributed by atoms with Crippen molar-refractivity contribution < 1.29 is 23.4 Å². The molecule has 0 aromatic heterocycles. The lowest BCUT2D eigenvalue weighted by Crippen LogP contribution is -2.68. The van der Waals surface area contributed by atoms with Crippen molar-refractivity contribution in [3.63, 3.8) is 0 Å². The van der Waals surface area contributed by atoms with Crippen LogP contribution in [0, 0.1) is 0 Å². The Morgan fingerprint density at radius 3 is 2.50 bits per heavy atom. The quantitative estimate of drug-likeness (QED) is 0.764. The molecule has 0 unspecified atom stereocenters. The van der Waals surface area contributed by atoms with Crippen LogP contribution in [0.1, 0.15) is 19.4 Å². The summed E-state index contributed by atoms with van der Waals surface area (Å²) in [6.07, 6.45) is -0.980. The lowest BCUT2D eigenvalue weighted by atomic mass is 9.95. The van der Waals surface area contributed by atoms with Gasteiger partial charge in [0.25, 0.3) is 0 Å². The highest BCUT2D eigenvalue weighted by Gasteiger charge is 2.57. The van der Waals surface area contributed by atoms with Gasteiger partial charge >= 0.3 is 0 Å². The molecule has 3 rings (SSSR count). The van der Waals surface area contributed by atoms with Crippen LogP contribution >= 0.6 is 0 Å². The van der Waals surface area contributed by atoms with Gasteiger partial charge in [-0.15, -0.1) is 0 Å². The van der Waals surface area contributed by atoms with Crippen molar-refractivity contribution in [1.82, 2.24) is 0 Å². The van der Waals surface area contributed by atoms with Crippen molar-refractivity contribution in [3.8, 4) is 0 Å². The molecule has 2 saturated heterocycles. The SMILES string of the molecule is CC1(C)O[C@@H]2[C@@H](CO[C@](N)(CO[Si](C)(C)C)[C@H]2OCc2ccccc2)O1. The van der Waals surface area contributed by atoms with E-state index in [2.05, 4.69) is 19.6 Å². The van der Waals surface area contributed by atoms with Gasteiger partial charge in [-0.05, 0) is 39.1 Å². The Hall–Kier alpha value is -0.803. The second kappa shape index (κ2) is 7.31. The fraction of sp³-hybridized carbons (Fsp3) is 0.684. The number of hydrogen-bond donors (Lipinski definition) is 1. The van der Waals surface area contributed by atoms with Gasteiger partial charge in [0, 0.05) is 0 Å². The summed E-state index contributed by atoms with van der Waals surface area (Å²) in [5, 5.41) is 0. The molecular weight excluding hydrogens is 350 g/mol. The summed E-state index contributed by atoms with van der Waals surface area (Å²) in [4.78, 5) is 0. The Balaban J connectivity index is 1.78. The summed E-state index contributed by atoms with van der Waals surface area (Å²) < 4.78 is 30.4. The van der Waals surface area contributed by atoms with Gasteiger partial charge in [-0.25, -0.2) is 0 Å². The number of hydrogen-bond acceptors (Lipinski definition) is 6. The Morgan fingerprint density at radius 1 is 1.15 bits per heavy atom. The molecule has 0 amide bonds. The fourth-order valence-electron chi connectivity index (χ4n) is 3.30. The van der Waals surface area contributed by atoms with Gasteiger partial charge in [0.2, 0.25) is 0 Å². The molecule has 146 valence electrons. The van der Waals surface area contributed by atoms with E-state index in [1.54, 1.807) is 0 Å². The third-order valence-corrected chi connectivity index (χ3v) is 5.53. The molecule has 4 atom stereocenters. The average molecular weight is 382 g/mol. The highest BCUT2D eigenvalue weighted by molar-refractivity contribution is 6.69. The average Bonchev–Trinajstić information content (AvgIpc) is 2.87. The van der Waals surface area contributed by atoms with E-state index in [9.17, 15) is 0 Å². The highest BCUT2D eigenvalue weighted by Crippen LogP contribution is 2.38. The maximum Gasteiger partial charge on any atom is 0.183 e. The van der Waals surface area contributed by atoms with Crippen LogP contribution in [-0.4, -0.2) is 51.4 Å². The first-order valence-corrected chi connectivity index (χ1v) is 12.6. The minimum atomic E-state index is -1.75. The molecule has 2 aliphatic heterocycles. The summed E-state index contributed by atoms with van der Waals surface area (Å²) in [5.41, 5.74) is 6.63. The second-order valence-corrected chi connectivity index (χ2v) is 13.0. The minimum absolute atomic E-state index is 0.200. The third-order valence-electron chi connectivity index (χ3n) is 4.52. The number of rotatable bonds is 6. The molecule has 2 heterocycles. The Labute approximate surface area is 157 Å². The molecule has 1 aromatic carbocycles. The summed E-state index contributed by atoms with van der Waals surface area (Å²) in [5.74, 6) is -0.683. The zero-order valence-corrected chi connectivity index (χ0v) is 17.4. The standard InChI is InChI=1S/C19H31NO5Si/c1-18(2)24-15-12-22-19(20,13-23-26(3,4)5)17(16(15)25-18)21-11-14-9-7-6-8-10-14/h6-10,15-17H,11-13,20H2,1-5H3/t15-,16-,17+,19-/m1/s1. The number of benzene rings is 1. The van der Waals surface area contributed by atoms with Crippen LogP contribution in [0.25, 0.3) is 0 Å². The summed E-state index contributed by atoms with van der Waals surface area (Å²) in [7, 11) is -1.75. The molecule has 2 fully saturated rings. The molecule has 0 radical (unpaired) electrons. The van der Waals surface area contributed by atoms with E-state index in [4.69, 9.17) is 29.1 Å². The lowest BCUT2D eigenvalue weighted by Gasteiger charge is -2.45. The molecule has 2 N–H and O–H groups in total. The van der Waals surface area contributed by atoms with Crippen molar-refractivity contribution in [2.24, 2.45) is 5.73 Å². The van der Waals surface area contributed by atoms with Gasteiger partial charge in [-0.1, -0.05) is 30.3 Å². The molecule has 0 aliphatic carbocycles. The van der Waals surface area contributed by atoms with Crippen LogP contribution in [0.5, 0.6) is 0 Å². The predicted octanol–water partition coefficient (Wildman–Crippen LogP) is 2.63. The van der Waals surface area contributed by atoms with Crippen molar-refractivity contribution in [2.45, 2.75) is 69.9 Å². The van der Waals surface area contributed by atoms with Crippen LogP contribution in [0.2, 0.25) is 19.6 Å². The molecule has 1 aromatic rings. The molecule has 0 bridgehead atoms. The van der Waals surface area contributed by atoms with Crippen LogP contribution in [0.15, 0.2) is 30.3 Å². The first kappa shape index (κ1) is 19.9. The van der Waals surface area contributed by atoms with Gasteiger partial charge in [-0.3, -0.25) is 5.73 Å². The summed E-state index contributed by atoms with van der Waals surface area (Å²) in [6, 6.07) is 10.00. The number of fused-ring (bicyclic) bond motifs is 1. The molecular formula is C19H31NO5Si. The van der Waals surface area contributed by atoms with E-state index < -0.39 is 25.9 Å². The molecule has 2 aliphatic rings. The van der Waals surface area contributed by atoms with Crippen LogP contribution < -0.4 is 5.73 Å². The summed E-state index contributed by atoms with van der Waals surface area (Å²) >= 11 is 0. The minimum Gasteiger partial charge on any atom is -0.413 e. The first-order valence-electron chi connectivity index (χ1n) is 9.16. The van der Waals surface area contributed by atoms with Crippen molar-refractivity contribution in [3.05, 3.63) is 35.9 Å². The molecule has 0 saturated carbocycles. The van der Waals surface area contributed by atoms with Crippen LogP contribution in [0.3, 0.4) is 0 Å². The smallest absolute Gasteiger partial charge is 0.183 e. The lowest BCUT2D eigenvalue weighted by molar-refractivity contribution is -0.238. The van der Waals surface area contributed by atoms with Crippen molar-refractivity contribution >= 4 is 8.32 Å². The largest absolute Gasteiger partial charge is 0.413 e. The van der Waals surface area contributed by atoms with E-state index in [-0.39, 0.29) is 18.8 Å². The van der Waals surface area contributed by atoms with E-state index in [1.807, 2.05) is 44.2 Å². The van der Waals surface area contributed by atoms with Crippen LogP contribution in [0.4, 0.5) is 0 Å². The van der Waals surface area contributed by atoms with Gasteiger partial charge in [0.15, 0.2) is 19.8 Å². The zero-order chi connectivity index (χ0) is 19.0. The maximum absolute atomic E-state index is 6.63. The van der Waals surface area contributed by atoms with E-state index >= 15 is 0 Å². The van der Waals surface area contributed by atoms with E-state index in [0.717, 1.165) is 5.56 Å². The predicted molar refractivity (Wildman–Crippen MR) is 101 cm³/mol. The Kier molecular flexibility index (Phi) is 5.61. The van der Waals surface area contributed by atoms with Gasteiger partial charge in [0.1, 0.15) is 18.3 Å². The van der Waals surface area contributed by atoms with Gasteiger partial charge in [0.05, 0.1) is 19.8 Å². The fourth-order valence-corrected chi connectivity index (χ4v) is 3.95. The number of nitrogens with two attached hydrogens (primary N) is 1. The maximum atomic E-state index is 6.63. The van der Waals surface area contributed by atoms with E-state index in [0.29, 0.717) is 13.2 Å². The monoisotopic (exact) mass is 381 g/mol. The second-order valence-electron chi connectivity index (χ2n) is 8.52. The molecule has 0 spiro atoms. The van der Waals surface area contributed by atoms with E-state index in [1.165, 1.54) is 0 Å². The normalized spacial score (nSPS) is 33.8. The Bertz CT molecular complexity index is 606. The van der Waals surface area contributed by atoms with Gasteiger partial charge in [-0.2, -0.15) is 0 Å². The van der Waals surface area contributed by atoms with Gasteiger partial charge < -0.3 is 23.4 Å². The molecule has 26 heavy (non-hydrogen) atoms. The number of ether oxygens (including phenoxy) is 4. The summed E-state index contributed by atoms with van der Waals surface area (Å²) in [6.45, 7) is 11.2. The highest BCUT2D eigenvalue weighted by atomic mass is 28.4. The van der Waals surface area contributed by atoms with Crippen molar-refractivity contribution in [1.29, 1.82) is 0 Å². The topological polar surface area (TPSA) is 72.2 Å². The third kappa shape index (κ3) is 4.72. The zero-order valence-electron chi connectivity index (χ0n) is 16.4. The molecule has 6 nitrogen and oxygen atoms in total. The first-order chi connectivity index (χ1) is 12.1. The van der Waals surface area contributed by atoms with Crippen LogP contribution in [-0.2, 0) is 30.0 Å². The molecule has 7 heteroatoms. The Morgan fingerprint density at radius 2 is 1.85 bits per heavy atom. The van der Waals surface area contributed by atoms with Crippen molar-refractivity contribution in [2.75, 3.05) is 13.2 Å².